The van der Waals surface area contributed by atoms with Crippen LogP contribution in [0.4, 0.5) is 4.39 Å². The van der Waals surface area contributed by atoms with Crippen LogP contribution in [0.25, 0.3) is 11.1 Å². The van der Waals surface area contributed by atoms with Crippen LogP contribution < -0.4 is 0 Å². The Labute approximate surface area is 109 Å². The highest BCUT2D eigenvalue weighted by Crippen LogP contribution is 2.27. The lowest BCUT2D eigenvalue weighted by molar-refractivity contribution is -0.136. The van der Waals surface area contributed by atoms with Crippen molar-refractivity contribution in [2.45, 2.75) is 5.38 Å². The largest absolute Gasteiger partial charge is 0.480 e. The van der Waals surface area contributed by atoms with E-state index in [0.29, 0.717) is 5.56 Å². The van der Waals surface area contributed by atoms with E-state index < -0.39 is 17.2 Å². The first kappa shape index (κ1) is 12.6. The topological polar surface area (TPSA) is 37.3 Å². The van der Waals surface area contributed by atoms with Gasteiger partial charge in [-0.25, -0.2) is 4.39 Å². The highest BCUT2D eigenvalue weighted by atomic mass is 35.5. The first-order chi connectivity index (χ1) is 8.59. The maximum atomic E-state index is 13.8. The molecule has 18 heavy (non-hydrogen) atoms. The van der Waals surface area contributed by atoms with E-state index in [0.717, 1.165) is 5.56 Å². The molecular formula is C14H10ClFO2. The summed E-state index contributed by atoms with van der Waals surface area (Å²) in [5.74, 6) is -1.87. The molecule has 0 saturated heterocycles. The quantitative estimate of drug-likeness (QED) is 0.855. The van der Waals surface area contributed by atoms with E-state index >= 15 is 0 Å². The van der Waals surface area contributed by atoms with Gasteiger partial charge in [-0.3, -0.25) is 4.79 Å². The molecule has 0 aliphatic rings. The fraction of sp³-hybridized carbons (Fsp3) is 0.0714. The molecule has 4 heteroatoms. The van der Waals surface area contributed by atoms with Gasteiger partial charge >= 0.3 is 5.97 Å². The summed E-state index contributed by atoms with van der Waals surface area (Å²) in [6.07, 6.45) is 0. The molecule has 0 heterocycles. The van der Waals surface area contributed by atoms with Gasteiger partial charge in [-0.05, 0) is 17.2 Å². The van der Waals surface area contributed by atoms with Crippen LogP contribution in [0.15, 0.2) is 48.5 Å². The van der Waals surface area contributed by atoms with Crippen molar-refractivity contribution in [3.63, 3.8) is 0 Å². The molecule has 0 bridgehead atoms. The van der Waals surface area contributed by atoms with Crippen LogP contribution in [0.2, 0.25) is 0 Å². The van der Waals surface area contributed by atoms with Gasteiger partial charge in [0.25, 0.3) is 0 Å². The Morgan fingerprint density at radius 2 is 1.78 bits per heavy atom. The standard InChI is InChI=1S/C14H10ClFO2/c15-13(14(17)18)11-7-6-10(8-12(11)16)9-4-2-1-3-5-9/h1-8,13H,(H,17,18). The van der Waals surface area contributed by atoms with E-state index in [9.17, 15) is 9.18 Å². The molecule has 92 valence electrons. The molecule has 2 nitrogen and oxygen atoms in total. The van der Waals surface area contributed by atoms with Crippen LogP contribution in [0.3, 0.4) is 0 Å². The second-order valence-electron chi connectivity index (χ2n) is 3.80. The molecule has 1 unspecified atom stereocenters. The Bertz CT molecular complexity index is 569. The molecule has 2 aromatic rings. The van der Waals surface area contributed by atoms with Crippen molar-refractivity contribution in [2.75, 3.05) is 0 Å². The molecule has 2 aromatic carbocycles. The Hall–Kier alpha value is -1.87. The van der Waals surface area contributed by atoms with Crippen molar-refractivity contribution in [3.05, 3.63) is 59.9 Å². The monoisotopic (exact) mass is 264 g/mol. The highest BCUT2D eigenvalue weighted by molar-refractivity contribution is 6.29. The Kier molecular flexibility index (Phi) is 3.63. The number of carbonyl (C=O) groups is 1. The fourth-order valence-corrected chi connectivity index (χ4v) is 1.85. The zero-order chi connectivity index (χ0) is 13.1. The molecule has 0 spiro atoms. The molecule has 0 aromatic heterocycles. The molecule has 0 radical (unpaired) electrons. The predicted octanol–water partition coefficient (Wildman–Crippen LogP) is 3.86. The van der Waals surface area contributed by atoms with Crippen molar-refractivity contribution < 1.29 is 14.3 Å². The van der Waals surface area contributed by atoms with E-state index in [1.165, 1.54) is 12.1 Å². The summed E-state index contributed by atoms with van der Waals surface area (Å²) in [5, 5.41) is 7.38. The van der Waals surface area contributed by atoms with Gasteiger partial charge in [-0.1, -0.05) is 42.5 Å². The van der Waals surface area contributed by atoms with E-state index in [2.05, 4.69) is 0 Å². The maximum Gasteiger partial charge on any atom is 0.326 e. The minimum absolute atomic E-state index is 0.0242. The summed E-state index contributed by atoms with van der Waals surface area (Å²) >= 11 is 5.61. The SMILES string of the molecule is O=C(O)C(Cl)c1ccc(-c2ccccc2)cc1F. The molecule has 1 atom stereocenters. The maximum absolute atomic E-state index is 13.8. The van der Waals surface area contributed by atoms with Crippen molar-refractivity contribution in [2.24, 2.45) is 0 Å². The Balaban J connectivity index is 2.40. The zero-order valence-corrected chi connectivity index (χ0v) is 10.1. The predicted molar refractivity (Wildman–Crippen MR) is 68.1 cm³/mol. The number of benzene rings is 2. The average Bonchev–Trinajstić information content (AvgIpc) is 2.38. The lowest BCUT2D eigenvalue weighted by Crippen LogP contribution is -2.07. The van der Waals surface area contributed by atoms with Crippen LogP contribution in [-0.2, 0) is 4.79 Å². The van der Waals surface area contributed by atoms with Gasteiger partial charge < -0.3 is 5.11 Å². The number of halogens is 2. The lowest BCUT2D eigenvalue weighted by atomic mass is 10.0. The Morgan fingerprint density at radius 1 is 1.11 bits per heavy atom. The molecule has 0 aliphatic heterocycles. The van der Waals surface area contributed by atoms with Gasteiger partial charge in [-0.15, -0.1) is 11.6 Å². The second-order valence-corrected chi connectivity index (χ2v) is 4.24. The second kappa shape index (κ2) is 5.19. The van der Waals surface area contributed by atoms with Crippen LogP contribution in [0, 0.1) is 5.82 Å². The van der Waals surface area contributed by atoms with Gasteiger partial charge in [0.1, 0.15) is 5.82 Å². The summed E-state index contributed by atoms with van der Waals surface area (Å²) in [6.45, 7) is 0. The molecule has 0 fully saturated rings. The third kappa shape index (κ3) is 2.51. The Morgan fingerprint density at radius 3 is 2.33 bits per heavy atom. The summed E-state index contributed by atoms with van der Waals surface area (Å²) in [4.78, 5) is 10.7. The molecule has 0 amide bonds. The van der Waals surface area contributed by atoms with Crippen molar-refractivity contribution in [1.82, 2.24) is 0 Å². The first-order valence-corrected chi connectivity index (χ1v) is 5.75. The minimum atomic E-state index is -1.37. The van der Waals surface area contributed by atoms with Crippen molar-refractivity contribution in [1.29, 1.82) is 0 Å². The van der Waals surface area contributed by atoms with E-state index in [1.54, 1.807) is 6.07 Å². The van der Waals surface area contributed by atoms with Crippen molar-refractivity contribution >= 4 is 17.6 Å². The van der Waals surface area contributed by atoms with Gasteiger partial charge in [0.15, 0.2) is 5.38 Å². The number of rotatable bonds is 3. The summed E-state index contributed by atoms with van der Waals surface area (Å²) < 4.78 is 13.8. The van der Waals surface area contributed by atoms with Crippen LogP contribution >= 0.6 is 11.6 Å². The third-order valence-corrected chi connectivity index (χ3v) is 3.02. The molecule has 0 aliphatic carbocycles. The lowest BCUT2D eigenvalue weighted by Gasteiger charge is -2.08. The average molecular weight is 265 g/mol. The van der Waals surface area contributed by atoms with Crippen LogP contribution in [0.1, 0.15) is 10.9 Å². The highest BCUT2D eigenvalue weighted by Gasteiger charge is 2.20. The fourth-order valence-electron chi connectivity index (χ4n) is 1.68. The summed E-state index contributed by atoms with van der Waals surface area (Å²) in [6, 6.07) is 13.6. The first-order valence-electron chi connectivity index (χ1n) is 5.31. The molecule has 2 rings (SSSR count). The van der Waals surface area contributed by atoms with Gasteiger partial charge in [-0.2, -0.15) is 0 Å². The van der Waals surface area contributed by atoms with Crippen LogP contribution in [-0.4, -0.2) is 11.1 Å². The van der Waals surface area contributed by atoms with Gasteiger partial charge in [0, 0.05) is 5.56 Å². The number of carboxylic acids is 1. The summed E-state index contributed by atoms with van der Waals surface area (Å²) in [5.41, 5.74) is 1.53. The van der Waals surface area contributed by atoms with Gasteiger partial charge in [0.05, 0.1) is 0 Å². The van der Waals surface area contributed by atoms with E-state index in [4.69, 9.17) is 16.7 Å². The zero-order valence-electron chi connectivity index (χ0n) is 9.31. The van der Waals surface area contributed by atoms with E-state index in [1.807, 2.05) is 30.3 Å². The molecule has 1 N–H and O–H groups in total. The van der Waals surface area contributed by atoms with E-state index in [-0.39, 0.29) is 5.56 Å². The number of carboxylic acid groups (broad SMARTS) is 1. The smallest absolute Gasteiger partial charge is 0.326 e. The number of hydrogen-bond donors (Lipinski definition) is 1. The summed E-state index contributed by atoms with van der Waals surface area (Å²) in [7, 11) is 0. The number of hydrogen-bond acceptors (Lipinski definition) is 1. The minimum Gasteiger partial charge on any atom is -0.480 e. The van der Waals surface area contributed by atoms with Crippen LogP contribution in [0.5, 0.6) is 0 Å². The number of alkyl halides is 1. The van der Waals surface area contributed by atoms with Crippen molar-refractivity contribution in [3.8, 4) is 11.1 Å². The number of aliphatic carboxylic acids is 1. The normalized spacial score (nSPS) is 12.1. The van der Waals surface area contributed by atoms with Gasteiger partial charge in [0.2, 0.25) is 0 Å². The third-order valence-electron chi connectivity index (χ3n) is 2.60. The molecule has 0 saturated carbocycles. The molecular weight excluding hydrogens is 255 g/mol.